The van der Waals surface area contributed by atoms with Crippen LogP contribution in [0.15, 0.2) is 0 Å². The average molecular weight is 178 g/mol. The van der Waals surface area contributed by atoms with E-state index in [1.165, 1.54) is 0 Å². The molecule has 1 fully saturated rings. The lowest BCUT2D eigenvalue weighted by Crippen LogP contribution is -2.24. The van der Waals surface area contributed by atoms with Gasteiger partial charge in [0, 0.05) is 12.4 Å². The van der Waals surface area contributed by atoms with E-state index in [4.69, 9.17) is 16.3 Å². The summed E-state index contributed by atoms with van der Waals surface area (Å²) in [6.07, 6.45) is 0.562. The van der Waals surface area contributed by atoms with Crippen molar-refractivity contribution in [3.05, 3.63) is 0 Å². The Morgan fingerprint density at radius 1 is 1.82 bits per heavy atom. The van der Waals surface area contributed by atoms with Gasteiger partial charge in [-0.15, -0.1) is 11.6 Å². The number of ether oxygens (including phenoxy) is 1. The molecule has 1 saturated heterocycles. The fourth-order valence-electron chi connectivity index (χ4n) is 1.10. The van der Waals surface area contributed by atoms with Crippen molar-refractivity contribution in [1.82, 2.24) is 4.90 Å². The molecular weight excluding hydrogens is 166 g/mol. The highest BCUT2D eigenvalue weighted by molar-refractivity contribution is 6.17. The van der Waals surface area contributed by atoms with Crippen LogP contribution in [-0.4, -0.2) is 36.1 Å². The van der Waals surface area contributed by atoms with Crippen molar-refractivity contribution < 1.29 is 9.53 Å². The summed E-state index contributed by atoms with van der Waals surface area (Å²) >= 11 is 5.51. The first kappa shape index (κ1) is 8.65. The molecule has 1 rings (SSSR count). The molecule has 1 amide bonds. The van der Waals surface area contributed by atoms with Crippen LogP contribution in [0.4, 0.5) is 4.79 Å². The quantitative estimate of drug-likeness (QED) is 0.611. The molecule has 0 radical (unpaired) electrons. The number of hydrogen-bond donors (Lipinski definition) is 0. The highest BCUT2D eigenvalue weighted by atomic mass is 35.5. The zero-order chi connectivity index (χ0) is 8.27. The second-order valence-electron chi connectivity index (χ2n) is 2.52. The number of cyclic esters (lactones) is 1. The van der Waals surface area contributed by atoms with E-state index in [1.54, 1.807) is 4.90 Å². The maximum Gasteiger partial charge on any atom is 0.410 e. The summed E-state index contributed by atoms with van der Waals surface area (Å²) in [4.78, 5) is 12.6. The number of amides is 1. The van der Waals surface area contributed by atoms with Gasteiger partial charge in [-0.3, -0.25) is 0 Å². The lowest BCUT2D eigenvalue weighted by atomic mass is 10.3. The van der Waals surface area contributed by atoms with E-state index in [1.807, 2.05) is 6.92 Å². The topological polar surface area (TPSA) is 29.5 Å². The lowest BCUT2D eigenvalue weighted by molar-refractivity contribution is 0.131. The standard InChI is InChI=1S/C7H12ClNO2/c1-2-9-5-6(3-4-8)11-7(9)10/h6H,2-5H2,1H3. The number of halogens is 1. The largest absolute Gasteiger partial charge is 0.444 e. The molecule has 4 heteroatoms. The monoisotopic (exact) mass is 177 g/mol. The molecule has 64 valence electrons. The molecule has 0 saturated carbocycles. The van der Waals surface area contributed by atoms with Crippen LogP contribution >= 0.6 is 11.6 Å². The molecule has 0 aromatic rings. The molecule has 0 aromatic carbocycles. The Bertz CT molecular complexity index is 151. The third kappa shape index (κ3) is 1.99. The van der Waals surface area contributed by atoms with Gasteiger partial charge in [-0.1, -0.05) is 0 Å². The number of alkyl halides is 1. The fourth-order valence-corrected chi connectivity index (χ4v) is 1.35. The smallest absolute Gasteiger partial charge is 0.410 e. The second-order valence-corrected chi connectivity index (χ2v) is 2.90. The molecule has 0 aliphatic carbocycles. The summed E-state index contributed by atoms with van der Waals surface area (Å²) in [6.45, 7) is 3.35. The SMILES string of the molecule is CCN1CC(CCCl)OC1=O. The van der Waals surface area contributed by atoms with Crippen LogP contribution in [0.25, 0.3) is 0 Å². The minimum absolute atomic E-state index is 0.0138. The Morgan fingerprint density at radius 2 is 2.55 bits per heavy atom. The molecule has 11 heavy (non-hydrogen) atoms. The number of nitrogens with zero attached hydrogens (tertiary/aromatic N) is 1. The third-order valence-electron chi connectivity index (χ3n) is 1.76. The third-order valence-corrected chi connectivity index (χ3v) is 1.98. The first-order chi connectivity index (χ1) is 5.27. The average Bonchev–Trinajstić information content (AvgIpc) is 2.32. The maximum absolute atomic E-state index is 11.0. The van der Waals surface area contributed by atoms with Crippen molar-refractivity contribution in [2.24, 2.45) is 0 Å². The molecular formula is C7H12ClNO2. The van der Waals surface area contributed by atoms with Crippen LogP contribution in [0.1, 0.15) is 13.3 Å². The van der Waals surface area contributed by atoms with Gasteiger partial charge in [0.2, 0.25) is 0 Å². The van der Waals surface area contributed by atoms with Crippen LogP contribution in [0, 0.1) is 0 Å². The summed E-state index contributed by atoms with van der Waals surface area (Å²) in [5.41, 5.74) is 0. The van der Waals surface area contributed by atoms with Gasteiger partial charge in [-0.25, -0.2) is 4.79 Å². The van der Waals surface area contributed by atoms with Crippen molar-refractivity contribution in [3.63, 3.8) is 0 Å². The highest BCUT2D eigenvalue weighted by Gasteiger charge is 2.28. The first-order valence-electron chi connectivity index (χ1n) is 3.79. The fraction of sp³-hybridized carbons (Fsp3) is 0.857. The Labute approximate surface area is 71.3 Å². The van der Waals surface area contributed by atoms with E-state index < -0.39 is 0 Å². The zero-order valence-electron chi connectivity index (χ0n) is 6.55. The Morgan fingerprint density at radius 3 is 3.00 bits per heavy atom. The van der Waals surface area contributed by atoms with E-state index in [0.717, 1.165) is 13.0 Å². The first-order valence-corrected chi connectivity index (χ1v) is 4.33. The van der Waals surface area contributed by atoms with Gasteiger partial charge >= 0.3 is 6.09 Å². The number of carbonyl (C=O) groups excluding carboxylic acids is 1. The summed E-state index contributed by atoms with van der Waals surface area (Å²) in [6, 6.07) is 0. The number of rotatable bonds is 3. The Hall–Kier alpha value is -0.440. The molecule has 0 spiro atoms. The van der Waals surface area contributed by atoms with Crippen molar-refractivity contribution in [2.45, 2.75) is 19.4 Å². The van der Waals surface area contributed by atoms with Crippen molar-refractivity contribution in [3.8, 4) is 0 Å². The summed E-state index contributed by atoms with van der Waals surface area (Å²) in [5, 5.41) is 0. The van der Waals surface area contributed by atoms with Gasteiger partial charge in [0.05, 0.1) is 6.54 Å². The minimum atomic E-state index is -0.206. The minimum Gasteiger partial charge on any atom is -0.444 e. The van der Waals surface area contributed by atoms with Gasteiger partial charge in [-0.05, 0) is 13.3 Å². The molecule has 1 aliphatic heterocycles. The second kappa shape index (κ2) is 3.81. The van der Waals surface area contributed by atoms with Crippen molar-refractivity contribution >= 4 is 17.7 Å². The summed E-state index contributed by atoms with van der Waals surface area (Å²) in [5.74, 6) is 0.551. The molecule has 3 nitrogen and oxygen atoms in total. The van der Waals surface area contributed by atoms with E-state index in [2.05, 4.69) is 0 Å². The van der Waals surface area contributed by atoms with Gasteiger partial charge in [0.15, 0.2) is 0 Å². The predicted molar refractivity (Wildman–Crippen MR) is 42.9 cm³/mol. The molecule has 1 unspecified atom stereocenters. The van der Waals surface area contributed by atoms with E-state index >= 15 is 0 Å². The van der Waals surface area contributed by atoms with Crippen LogP contribution < -0.4 is 0 Å². The van der Waals surface area contributed by atoms with Crippen LogP contribution in [-0.2, 0) is 4.74 Å². The number of hydrogen-bond acceptors (Lipinski definition) is 2. The molecule has 1 atom stereocenters. The van der Waals surface area contributed by atoms with Gasteiger partial charge in [0.1, 0.15) is 6.10 Å². The number of likely N-dealkylation sites (N-methyl/N-ethyl adjacent to an activating group) is 1. The molecule has 0 bridgehead atoms. The highest BCUT2D eigenvalue weighted by Crippen LogP contribution is 2.13. The predicted octanol–water partition coefficient (Wildman–Crippen LogP) is 1.46. The van der Waals surface area contributed by atoms with Crippen molar-refractivity contribution in [1.29, 1.82) is 0 Å². The molecule has 1 aliphatic rings. The lowest BCUT2D eigenvalue weighted by Gasteiger charge is -2.07. The normalized spacial score (nSPS) is 24.0. The van der Waals surface area contributed by atoms with Gasteiger partial charge in [-0.2, -0.15) is 0 Å². The van der Waals surface area contributed by atoms with E-state index in [-0.39, 0.29) is 12.2 Å². The van der Waals surface area contributed by atoms with Crippen LogP contribution in [0.2, 0.25) is 0 Å². The zero-order valence-corrected chi connectivity index (χ0v) is 7.30. The van der Waals surface area contributed by atoms with E-state index in [0.29, 0.717) is 12.4 Å². The molecule has 0 N–H and O–H groups in total. The summed E-state index contributed by atoms with van der Waals surface area (Å²) < 4.78 is 5.01. The van der Waals surface area contributed by atoms with Crippen LogP contribution in [0.3, 0.4) is 0 Å². The maximum atomic E-state index is 11.0. The number of carbonyl (C=O) groups is 1. The van der Waals surface area contributed by atoms with Crippen LogP contribution in [0.5, 0.6) is 0 Å². The Kier molecular flexibility index (Phi) is 3.00. The van der Waals surface area contributed by atoms with Gasteiger partial charge in [0.25, 0.3) is 0 Å². The summed E-state index contributed by atoms with van der Waals surface area (Å²) in [7, 11) is 0. The van der Waals surface area contributed by atoms with E-state index in [9.17, 15) is 4.79 Å². The van der Waals surface area contributed by atoms with Crippen molar-refractivity contribution in [2.75, 3.05) is 19.0 Å². The molecule has 0 aromatic heterocycles. The Balaban J connectivity index is 2.36. The molecule has 1 heterocycles. The van der Waals surface area contributed by atoms with Gasteiger partial charge < -0.3 is 9.64 Å².